The highest BCUT2D eigenvalue weighted by molar-refractivity contribution is 6.01. The van der Waals surface area contributed by atoms with Crippen LogP contribution in [-0.2, 0) is 0 Å². The second kappa shape index (κ2) is 7.05. The maximum Gasteiger partial charge on any atom is 0.252 e. The molecule has 3 rings (SSSR count). The molecule has 1 saturated heterocycles. The summed E-state index contributed by atoms with van der Waals surface area (Å²) in [6.07, 6.45) is 2.74. The third-order valence-corrected chi connectivity index (χ3v) is 4.07. The molecule has 0 radical (unpaired) electrons. The average Bonchev–Trinajstić information content (AvgIpc) is 3.05. The van der Waals surface area contributed by atoms with Crippen LogP contribution in [0, 0.1) is 5.92 Å². The number of nitrogens with one attached hydrogen (secondary N) is 1. The van der Waals surface area contributed by atoms with Crippen molar-refractivity contribution in [3.63, 3.8) is 0 Å². The van der Waals surface area contributed by atoms with Crippen molar-refractivity contribution in [1.82, 2.24) is 10.3 Å². The average molecular weight is 329 g/mol. The maximum atomic E-state index is 11.7. The molecule has 0 bridgehead atoms. The Morgan fingerprint density at radius 3 is 2.92 bits per heavy atom. The number of benzene rings is 1. The first kappa shape index (κ1) is 16.5. The quantitative estimate of drug-likeness (QED) is 0.847. The number of rotatable bonds is 6. The fourth-order valence-electron chi connectivity index (χ4n) is 2.88. The van der Waals surface area contributed by atoms with Crippen molar-refractivity contribution in [2.24, 2.45) is 11.7 Å². The van der Waals surface area contributed by atoms with E-state index in [4.69, 9.17) is 15.2 Å². The summed E-state index contributed by atoms with van der Waals surface area (Å²) < 4.78 is 11.8. The first-order valence-corrected chi connectivity index (χ1v) is 8.27. The largest absolute Gasteiger partial charge is 0.492 e. The Morgan fingerprint density at radius 2 is 2.25 bits per heavy atom. The number of carbonyl (C=O) groups excluding carboxylic acids is 1. The molecule has 1 aliphatic rings. The number of nitrogens with two attached hydrogens (primary N) is 1. The molecule has 128 valence electrons. The highest BCUT2D eigenvalue weighted by atomic mass is 16.5. The fraction of sp³-hybridized carbons (Fsp3) is 0.444. The monoisotopic (exact) mass is 329 g/mol. The van der Waals surface area contributed by atoms with Crippen LogP contribution in [0.15, 0.2) is 24.4 Å². The van der Waals surface area contributed by atoms with E-state index in [1.54, 1.807) is 18.3 Å². The number of nitrogens with zero attached hydrogens (tertiary/aromatic N) is 1. The zero-order valence-electron chi connectivity index (χ0n) is 14.0. The lowest BCUT2D eigenvalue weighted by Crippen LogP contribution is -2.16. The summed E-state index contributed by atoms with van der Waals surface area (Å²) in [6.45, 7) is 6.49. The Kier molecular flexibility index (Phi) is 4.85. The smallest absolute Gasteiger partial charge is 0.252 e. The number of hydrogen-bond donors (Lipinski definition) is 2. The van der Waals surface area contributed by atoms with Gasteiger partial charge in [0.25, 0.3) is 5.91 Å². The van der Waals surface area contributed by atoms with Gasteiger partial charge in [0.05, 0.1) is 23.8 Å². The molecular weight excluding hydrogens is 306 g/mol. The van der Waals surface area contributed by atoms with Crippen molar-refractivity contribution in [2.75, 3.05) is 19.7 Å². The Labute approximate surface area is 141 Å². The number of amides is 1. The van der Waals surface area contributed by atoms with Crippen LogP contribution in [0.3, 0.4) is 0 Å². The minimum atomic E-state index is -0.530. The Hall–Kier alpha value is -2.34. The molecule has 2 aromatic rings. The van der Waals surface area contributed by atoms with Crippen molar-refractivity contribution in [2.45, 2.75) is 26.4 Å². The van der Waals surface area contributed by atoms with E-state index < -0.39 is 5.91 Å². The summed E-state index contributed by atoms with van der Waals surface area (Å²) in [5.74, 6) is 1.20. The molecule has 1 aliphatic heterocycles. The number of ether oxygens (including phenoxy) is 2. The van der Waals surface area contributed by atoms with Crippen LogP contribution in [0.25, 0.3) is 10.9 Å². The molecule has 0 saturated carbocycles. The van der Waals surface area contributed by atoms with Crippen LogP contribution in [0.1, 0.15) is 30.6 Å². The SMILES string of the molecule is CC(C)Oc1cc2c(OCC3CCNC3)ccnc2cc1C(N)=O. The van der Waals surface area contributed by atoms with Gasteiger partial charge in [-0.1, -0.05) is 0 Å². The van der Waals surface area contributed by atoms with Gasteiger partial charge in [0.2, 0.25) is 0 Å². The summed E-state index contributed by atoms with van der Waals surface area (Å²) in [5.41, 5.74) is 6.48. The van der Waals surface area contributed by atoms with Crippen molar-refractivity contribution >= 4 is 16.8 Å². The Bertz CT molecular complexity index is 740. The third-order valence-electron chi connectivity index (χ3n) is 4.07. The standard InChI is InChI=1S/C18H23N3O3/c1-11(2)24-17-8-13-15(7-14(17)18(19)22)21-6-4-16(13)23-10-12-3-5-20-9-12/h4,6-8,11-12,20H,3,5,9-10H2,1-2H3,(H2,19,22). The Morgan fingerprint density at radius 1 is 1.42 bits per heavy atom. The first-order valence-electron chi connectivity index (χ1n) is 8.27. The van der Waals surface area contributed by atoms with E-state index in [9.17, 15) is 4.79 Å². The number of carbonyl (C=O) groups is 1. The van der Waals surface area contributed by atoms with E-state index in [0.29, 0.717) is 29.4 Å². The number of primary amides is 1. The second-order valence-corrected chi connectivity index (χ2v) is 6.38. The lowest BCUT2D eigenvalue weighted by molar-refractivity contribution is 0.0994. The second-order valence-electron chi connectivity index (χ2n) is 6.38. The van der Waals surface area contributed by atoms with E-state index in [1.165, 1.54) is 0 Å². The van der Waals surface area contributed by atoms with Gasteiger partial charge in [0.1, 0.15) is 11.5 Å². The molecule has 1 unspecified atom stereocenters. The minimum absolute atomic E-state index is 0.0637. The van der Waals surface area contributed by atoms with Crippen LogP contribution < -0.4 is 20.5 Å². The van der Waals surface area contributed by atoms with Gasteiger partial charge in [-0.15, -0.1) is 0 Å². The van der Waals surface area contributed by atoms with Crippen molar-refractivity contribution in [3.05, 3.63) is 30.0 Å². The Balaban J connectivity index is 1.95. The van der Waals surface area contributed by atoms with Gasteiger partial charge in [0.15, 0.2) is 0 Å². The van der Waals surface area contributed by atoms with Gasteiger partial charge in [-0.25, -0.2) is 0 Å². The molecule has 1 atom stereocenters. The van der Waals surface area contributed by atoms with Gasteiger partial charge in [-0.2, -0.15) is 0 Å². The molecule has 3 N–H and O–H groups in total. The van der Waals surface area contributed by atoms with E-state index in [2.05, 4.69) is 10.3 Å². The van der Waals surface area contributed by atoms with Crippen molar-refractivity contribution in [3.8, 4) is 11.5 Å². The number of hydrogen-bond acceptors (Lipinski definition) is 5. The molecular formula is C18H23N3O3. The van der Waals surface area contributed by atoms with Gasteiger partial charge in [-0.3, -0.25) is 9.78 Å². The van der Waals surface area contributed by atoms with Crippen LogP contribution in [0.5, 0.6) is 11.5 Å². The van der Waals surface area contributed by atoms with Crippen LogP contribution in [0.2, 0.25) is 0 Å². The highest BCUT2D eigenvalue weighted by Gasteiger charge is 2.18. The lowest BCUT2D eigenvalue weighted by atomic mass is 10.1. The number of aromatic nitrogens is 1. The minimum Gasteiger partial charge on any atom is -0.492 e. The summed E-state index contributed by atoms with van der Waals surface area (Å²) >= 11 is 0. The molecule has 1 aromatic heterocycles. The van der Waals surface area contributed by atoms with E-state index in [0.717, 1.165) is 30.6 Å². The normalized spacial score (nSPS) is 17.4. The van der Waals surface area contributed by atoms with Crippen LogP contribution in [0.4, 0.5) is 0 Å². The molecule has 1 amide bonds. The summed E-state index contributed by atoms with van der Waals surface area (Å²) in [6, 6.07) is 5.30. The van der Waals surface area contributed by atoms with E-state index in [-0.39, 0.29) is 6.10 Å². The molecule has 24 heavy (non-hydrogen) atoms. The van der Waals surface area contributed by atoms with E-state index in [1.807, 2.05) is 19.9 Å². The predicted molar refractivity (Wildman–Crippen MR) is 92.5 cm³/mol. The zero-order chi connectivity index (χ0) is 17.1. The lowest BCUT2D eigenvalue weighted by Gasteiger charge is -2.16. The molecule has 6 nitrogen and oxygen atoms in total. The molecule has 0 spiro atoms. The molecule has 1 fully saturated rings. The first-order chi connectivity index (χ1) is 11.5. The molecule has 6 heteroatoms. The van der Waals surface area contributed by atoms with Gasteiger partial charge >= 0.3 is 0 Å². The summed E-state index contributed by atoms with van der Waals surface area (Å²) in [5, 5.41) is 4.16. The van der Waals surface area contributed by atoms with Crippen LogP contribution >= 0.6 is 0 Å². The van der Waals surface area contributed by atoms with Crippen molar-refractivity contribution in [1.29, 1.82) is 0 Å². The van der Waals surface area contributed by atoms with E-state index >= 15 is 0 Å². The van der Waals surface area contributed by atoms with Crippen molar-refractivity contribution < 1.29 is 14.3 Å². The summed E-state index contributed by atoms with van der Waals surface area (Å²) in [4.78, 5) is 16.0. The van der Waals surface area contributed by atoms with Gasteiger partial charge < -0.3 is 20.5 Å². The molecule has 0 aliphatic carbocycles. The van der Waals surface area contributed by atoms with Gasteiger partial charge in [-0.05, 0) is 45.0 Å². The molecule has 1 aromatic carbocycles. The van der Waals surface area contributed by atoms with Gasteiger partial charge in [0, 0.05) is 24.0 Å². The third kappa shape index (κ3) is 3.59. The predicted octanol–water partition coefficient (Wildman–Crippen LogP) is 2.11. The summed E-state index contributed by atoms with van der Waals surface area (Å²) in [7, 11) is 0. The fourth-order valence-corrected chi connectivity index (χ4v) is 2.88. The van der Waals surface area contributed by atoms with Crippen LogP contribution in [-0.4, -0.2) is 36.7 Å². The topological polar surface area (TPSA) is 86.5 Å². The molecule has 2 heterocycles. The maximum absolute atomic E-state index is 11.7. The number of fused-ring (bicyclic) bond motifs is 1. The number of pyridine rings is 1. The zero-order valence-corrected chi connectivity index (χ0v) is 14.0. The highest BCUT2D eigenvalue weighted by Crippen LogP contribution is 2.32.